The number of benzene rings is 2. The van der Waals surface area contributed by atoms with Gasteiger partial charge >= 0.3 is 7.60 Å². The summed E-state index contributed by atoms with van der Waals surface area (Å²) < 4.78 is 23.1. The zero-order valence-electron chi connectivity index (χ0n) is 11.8. The molecule has 0 amide bonds. The standard InChI is InChI=1S/C15H17ClNO3P/c1-19-21(18,20-2)15(12-7-4-3-5-8-12)17-14-10-6-9-13(16)11-14/h3-11,15,17H,1-2H3/t15-/m0/s1. The fourth-order valence-corrected chi connectivity index (χ4v) is 3.61. The third kappa shape index (κ3) is 3.86. The van der Waals surface area contributed by atoms with Gasteiger partial charge in [0, 0.05) is 24.9 Å². The number of hydrogen-bond acceptors (Lipinski definition) is 4. The molecule has 2 aromatic rings. The molecule has 1 N–H and O–H groups in total. The quantitative estimate of drug-likeness (QED) is 0.764. The van der Waals surface area contributed by atoms with Crippen LogP contribution in [-0.2, 0) is 13.6 Å². The highest BCUT2D eigenvalue weighted by molar-refractivity contribution is 7.54. The van der Waals surface area contributed by atoms with Gasteiger partial charge in [0.1, 0.15) is 0 Å². The van der Waals surface area contributed by atoms with Crippen molar-refractivity contribution in [3.63, 3.8) is 0 Å². The molecule has 6 heteroatoms. The van der Waals surface area contributed by atoms with Gasteiger partial charge < -0.3 is 14.4 Å². The van der Waals surface area contributed by atoms with Gasteiger partial charge in [-0.3, -0.25) is 4.57 Å². The Bertz CT molecular complexity index is 628. The maximum absolute atomic E-state index is 12.8. The Morgan fingerprint density at radius 3 is 2.29 bits per heavy atom. The van der Waals surface area contributed by atoms with E-state index in [0.29, 0.717) is 5.02 Å². The molecule has 0 heterocycles. The molecule has 21 heavy (non-hydrogen) atoms. The van der Waals surface area contributed by atoms with Crippen LogP contribution in [0.1, 0.15) is 11.3 Å². The van der Waals surface area contributed by atoms with Crippen LogP contribution in [0.4, 0.5) is 5.69 Å². The molecule has 0 aliphatic heterocycles. The molecule has 0 saturated heterocycles. The Morgan fingerprint density at radius 2 is 1.71 bits per heavy atom. The van der Waals surface area contributed by atoms with Gasteiger partial charge in [-0.05, 0) is 23.8 Å². The summed E-state index contributed by atoms with van der Waals surface area (Å²) in [5, 5.41) is 3.77. The van der Waals surface area contributed by atoms with E-state index in [2.05, 4.69) is 5.32 Å². The summed E-state index contributed by atoms with van der Waals surface area (Å²) in [7, 11) is -0.598. The van der Waals surface area contributed by atoms with Crippen LogP contribution in [-0.4, -0.2) is 14.2 Å². The van der Waals surface area contributed by atoms with E-state index in [1.54, 1.807) is 12.1 Å². The normalized spacial score (nSPS) is 12.9. The van der Waals surface area contributed by atoms with Crippen LogP contribution in [0.3, 0.4) is 0 Å². The van der Waals surface area contributed by atoms with E-state index in [-0.39, 0.29) is 0 Å². The zero-order chi connectivity index (χ0) is 15.3. The van der Waals surface area contributed by atoms with Gasteiger partial charge in [-0.1, -0.05) is 48.0 Å². The van der Waals surface area contributed by atoms with Crippen LogP contribution in [0, 0.1) is 0 Å². The molecular weight excluding hydrogens is 309 g/mol. The maximum atomic E-state index is 12.8. The predicted octanol–water partition coefficient (Wildman–Crippen LogP) is 4.94. The van der Waals surface area contributed by atoms with E-state index in [1.807, 2.05) is 42.5 Å². The molecule has 0 aliphatic carbocycles. The van der Waals surface area contributed by atoms with Gasteiger partial charge in [-0.25, -0.2) is 0 Å². The van der Waals surface area contributed by atoms with Crippen LogP contribution in [0.25, 0.3) is 0 Å². The number of halogens is 1. The van der Waals surface area contributed by atoms with Gasteiger partial charge in [-0.15, -0.1) is 0 Å². The van der Waals surface area contributed by atoms with Crippen molar-refractivity contribution >= 4 is 24.9 Å². The fraction of sp³-hybridized carbons (Fsp3) is 0.200. The van der Waals surface area contributed by atoms with Crippen molar-refractivity contribution in [1.82, 2.24) is 0 Å². The minimum Gasteiger partial charge on any atom is -0.368 e. The van der Waals surface area contributed by atoms with Gasteiger partial charge in [0.2, 0.25) is 0 Å². The highest BCUT2D eigenvalue weighted by atomic mass is 35.5. The Morgan fingerprint density at radius 1 is 1.05 bits per heavy atom. The lowest BCUT2D eigenvalue weighted by Crippen LogP contribution is -2.13. The lowest BCUT2D eigenvalue weighted by Gasteiger charge is -2.26. The monoisotopic (exact) mass is 325 g/mol. The second kappa shape index (κ2) is 7.10. The topological polar surface area (TPSA) is 47.6 Å². The predicted molar refractivity (Wildman–Crippen MR) is 85.9 cm³/mol. The molecular formula is C15H17ClNO3P. The summed E-state index contributed by atoms with van der Waals surface area (Å²) in [4.78, 5) is 0. The van der Waals surface area contributed by atoms with E-state index in [9.17, 15) is 4.57 Å². The van der Waals surface area contributed by atoms with Gasteiger partial charge in [0.05, 0.1) is 0 Å². The molecule has 0 fully saturated rings. The Labute approximate surface area is 129 Å². The maximum Gasteiger partial charge on any atom is 0.356 e. The average Bonchev–Trinajstić information content (AvgIpc) is 2.53. The summed E-state index contributed by atoms with van der Waals surface area (Å²) >= 11 is 5.98. The Balaban J connectivity index is 2.39. The lowest BCUT2D eigenvalue weighted by molar-refractivity contribution is 0.268. The van der Waals surface area contributed by atoms with Crippen molar-refractivity contribution in [2.45, 2.75) is 5.78 Å². The molecule has 0 bridgehead atoms. The second-order valence-electron chi connectivity index (χ2n) is 4.37. The molecule has 112 valence electrons. The number of anilines is 1. The minimum absolute atomic E-state index is 0.594. The first-order chi connectivity index (χ1) is 10.1. The third-order valence-corrected chi connectivity index (χ3v) is 5.38. The molecule has 1 atom stereocenters. The van der Waals surface area contributed by atoms with Gasteiger partial charge in [-0.2, -0.15) is 0 Å². The van der Waals surface area contributed by atoms with Crippen molar-refractivity contribution in [1.29, 1.82) is 0 Å². The third-order valence-electron chi connectivity index (χ3n) is 3.07. The summed E-state index contributed by atoms with van der Waals surface area (Å²) in [6, 6.07) is 16.6. The van der Waals surface area contributed by atoms with E-state index in [0.717, 1.165) is 11.3 Å². The van der Waals surface area contributed by atoms with E-state index < -0.39 is 13.4 Å². The number of hydrogen-bond donors (Lipinski definition) is 1. The van der Waals surface area contributed by atoms with E-state index >= 15 is 0 Å². The molecule has 0 aliphatic rings. The summed E-state index contributed by atoms with van der Waals surface area (Å²) in [5.41, 5.74) is 1.55. The van der Waals surface area contributed by atoms with Crippen molar-refractivity contribution in [3.8, 4) is 0 Å². The lowest BCUT2D eigenvalue weighted by atomic mass is 10.2. The van der Waals surface area contributed by atoms with Crippen molar-refractivity contribution in [3.05, 3.63) is 65.2 Å². The van der Waals surface area contributed by atoms with Crippen LogP contribution in [0.2, 0.25) is 5.02 Å². The van der Waals surface area contributed by atoms with Crippen LogP contribution in [0.15, 0.2) is 54.6 Å². The van der Waals surface area contributed by atoms with E-state index in [4.69, 9.17) is 20.6 Å². The Hall–Kier alpha value is -1.32. The first-order valence-electron chi connectivity index (χ1n) is 6.37. The van der Waals surface area contributed by atoms with Crippen LogP contribution >= 0.6 is 19.2 Å². The number of nitrogens with one attached hydrogen (secondary N) is 1. The summed E-state index contributed by atoms with van der Waals surface area (Å²) in [5.74, 6) is -0.618. The molecule has 2 rings (SSSR count). The molecule has 0 spiro atoms. The van der Waals surface area contributed by atoms with Crippen molar-refractivity contribution in [2.24, 2.45) is 0 Å². The Kier molecular flexibility index (Phi) is 5.43. The molecule has 2 aromatic carbocycles. The second-order valence-corrected chi connectivity index (χ2v) is 7.14. The highest BCUT2D eigenvalue weighted by Crippen LogP contribution is 2.59. The first-order valence-corrected chi connectivity index (χ1v) is 8.36. The number of rotatable bonds is 6. The molecule has 0 saturated carbocycles. The smallest absolute Gasteiger partial charge is 0.356 e. The fourth-order valence-electron chi connectivity index (χ4n) is 2.00. The average molecular weight is 326 g/mol. The highest BCUT2D eigenvalue weighted by Gasteiger charge is 2.35. The molecule has 0 radical (unpaired) electrons. The summed E-state index contributed by atoms with van der Waals surface area (Å²) in [6.45, 7) is 0. The molecule has 4 nitrogen and oxygen atoms in total. The summed E-state index contributed by atoms with van der Waals surface area (Å²) in [6.07, 6.45) is 0. The first kappa shape index (κ1) is 16.1. The zero-order valence-corrected chi connectivity index (χ0v) is 13.5. The van der Waals surface area contributed by atoms with Crippen LogP contribution in [0.5, 0.6) is 0 Å². The minimum atomic E-state index is -3.35. The van der Waals surface area contributed by atoms with Crippen molar-refractivity contribution < 1.29 is 13.6 Å². The van der Waals surface area contributed by atoms with Gasteiger partial charge in [0.25, 0.3) is 0 Å². The largest absolute Gasteiger partial charge is 0.368 e. The van der Waals surface area contributed by atoms with Crippen molar-refractivity contribution in [2.75, 3.05) is 19.5 Å². The van der Waals surface area contributed by atoms with Crippen LogP contribution < -0.4 is 5.32 Å². The molecule has 0 unspecified atom stereocenters. The van der Waals surface area contributed by atoms with Gasteiger partial charge in [0.15, 0.2) is 5.78 Å². The molecule has 0 aromatic heterocycles. The van der Waals surface area contributed by atoms with E-state index in [1.165, 1.54) is 14.2 Å². The SMILES string of the molecule is COP(=O)(OC)[C@H](Nc1cccc(Cl)c1)c1ccccc1.